The van der Waals surface area contributed by atoms with Crippen LogP contribution in [0.1, 0.15) is 96.7 Å². The monoisotopic (exact) mass is 1880 g/mol. The van der Waals surface area contributed by atoms with E-state index in [-0.39, 0.29) is 59.1 Å². The summed E-state index contributed by atoms with van der Waals surface area (Å²) in [6.07, 6.45) is 5.92. The zero-order valence-corrected chi connectivity index (χ0v) is 76.2. The fourth-order valence-corrected chi connectivity index (χ4v) is 15.6. The number of nitrogens with zero attached hydrogens (tertiary/aromatic N) is 10. The van der Waals surface area contributed by atoms with Gasteiger partial charge in [-0.05, 0) is 103 Å². The van der Waals surface area contributed by atoms with Gasteiger partial charge in [0.1, 0.15) is 70.8 Å². The van der Waals surface area contributed by atoms with Crippen molar-refractivity contribution < 1.29 is 71.1 Å². The van der Waals surface area contributed by atoms with Crippen LogP contribution in [-0.4, -0.2) is 153 Å². The van der Waals surface area contributed by atoms with Crippen LogP contribution in [0, 0.1) is 32.4 Å². The van der Waals surface area contributed by atoms with Gasteiger partial charge in [-0.25, -0.2) is 8.78 Å². The molecule has 15 aromatic rings. The summed E-state index contributed by atoms with van der Waals surface area (Å²) >= 11 is 2.55. The maximum atomic E-state index is 14.1. The average Bonchev–Trinajstić information content (AvgIpc) is 1.57. The number of aldehydes is 2. The van der Waals surface area contributed by atoms with E-state index in [4.69, 9.17) is 17.2 Å². The highest BCUT2D eigenvalue weighted by atomic mass is 32.1. The molecule has 36 heteroatoms. The average molecular weight is 1890 g/mol. The largest absolute Gasteiger partial charge is 0.363 e. The molecule has 136 heavy (non-hydrogen) atoms. The van der Waals surface area contributed by atoms with Gasteiger partial charge in [-0.2, -0.15) is 36.4 Å². The minimum absolute atomic E-state index is 0.0607. The molecule has 5 unspecified atom stereocenters. The van der Waals surface area contributed by atoms with E-state index in [2.05, 4.69) is 63.0 Å². The molecule has 690 valence electrons. The van der Waals surface area contributed by atoms with Crippen molar-refractivity contribution in [2.24, 2.45) is 31.3 Å². The number of hydrogen-bond donors (Lipinski definition) is 8. The first kappa shape index (κ1) is 99.8. The molecule has 5 heterocycles. The number of halogens is 2. The number of ketones is 3. The van der Waals surface area contributed by atoms with E-state index in [0.29, 0.717) is 53.0 Å². The standard InChI is InChI=1S/C21H21N3O2.C20H18FN3O2.2C20H18N4O3S.C19H15FN4O3S/c1-15-7-6-10-17(11-15)20-19(13-24(2)23-20)21(26)22-18(14-25)12-16-8-4-3-5-9-16;1-24-12-18(19(23-24)15-8-5-9-16(21)11-15)20(26)22-17(13-25)10-14-6-3-2-4-7-14;1-12-7-5-6-10-14(12)16-17(24-28-23-16)20(27)22-15(18(25)19(21)26)11-13-8-3-2-4-9-13;1-12-6-5-9-14(10-12)16-17(24-28-23-16)20(27)22-15(18(25)19(21)26)11-13-7-3-2-4-8-13;20-13-9-5-4-8-12(13)15-16(24-28-23-15)19(27)22-14(17(25)18(21)26)10-11-6-2-1-3-7-11/h3-11,13-14,18H,12H2,1-2H3,(H,22,26);2-9,11-13,17H,10H2,1H3,(H,22,26);2*2-10,15H,11H2,1H3,(H2,21,26)(H,22,27);1-9,14H,10H2,(H2,21,26)(H,22,27). The highest BCUT2D eigenvalue weighted by Crippen LogP contribution is 2.30. The first-order valence-electron chi connectivity index (χ1n) is 41.9. The zero-order valence-electron chi connectivity index (χ0n) is 73.7. The molecule has 0 spiro atoms. The van der Waals surface area contributed by atoms with Crippen LogP contribution in [-0.2, 0) is 84.6 Å². The number of nitrogens with two attached hydrogens (primary N) is 3. The van der Waals surface area contributed by atoms with Crippen LogP contribution in [0.3, 0.4) is 0 Å². The van der Waals surface area contributed by atoms with E-state index in [1.54, 1.807) is 104 Å². The predicted octanol–water partition coefficient (Wildman–Crippen LogP) is 11.3. The lowest BCUT2D eigenvalue weighted by atomic mass is 10.0. The second-order valence-electron chi connectivity index (χ2n) is 30.7. The molecule has 0 aliphatic carbocycles. The molecule has 0 radical (unpaired) electrons. The van der Waals surface area contributed by atoms with Crippen LogP contribution >= 0.6 is 35.2 Å². The molecular formula is C100H90F2N18O13S3. The Labute approximate surface area is 791 Å². The smallest absolute Gasteiger partial charge is 0.287 e. The lowest BCUT2D eigenvalue weighted by Gasteiger charge is -2.16. The van der Waals surface area contributed by atoms with Crippen molar-refractivity contribution in [3.63, 3.8) is 0 Å². The number of amides is 8. The van der Waals surface area contributed by atoms with Gasteiger partial charge >= 0.3 is 0 Å². The second kappa shape index (κ2) is 49.0. The molecule has 0 saturated carbocycles. The maximum Gasteiger partial charge on any atom is 0.287 e. The van der Waals surface area contributed by atoms with Crippen molar-refractivity contribution in [1.29, 1.82) is 0 Å². The first-order valence-corrected chi connectivity index (χ1v) is 44.1. The molecule has 31 nitrogen and oxygen atoms in total. The maximum absolute atomic E-state index is 14.1. The number of primary amides is 3. The Kier molecular flexibility index (Phi) is 35.9. The number of carbonyl (C=O) groups is 13. The third-order valence-electron chi connectivity index (χ3n) is 20.5. The zero-order chi connectivity index (χ0) is 97.3. The first-order chi connectivity index (χ1) is 65.5. The van der Waals surface area contributed by atoms with Gasteiger partial charge in [-0.15, -0.1) is 0 Å². The van der Waals surface area contributed by atoms with Gasteiger partial charge in [0.2, 0.25) is 17.3 Å². The number of aryl methyl sites for hydroxylation is 5. The third-order valence-corrected chi connectivity index (χ3v) is 22.1. The van der Waals surface area contributed by atoms with Crippen LogP contribution in [0.15, 0.2) is 285 Å². The van der Waals surface area contributed by atoms with Crippen molar-refractivity contribution in [3.05, 3.63) is 370 Å². The molecular weight excluding hydrogens is 1800 g/mol. The Bertz CT molecular complexity index is 6440. The number of hydrogen-bond acceptors (Lipinski definition) is 24. The van der Waals surface area contributed by atoms with Crippen molar-refractivity contribution >= 4 is 112 Å². The van der Waals surface area contributed by atoms with Gasteiger partial charge in [0.05, 0.1) is 58.4 Å². The number of benzene rings is 10. The number of aromatic nitrogens is 10. The SMILES string of the molecule is Cc1cccc(-c2nn(C)cc2C(=O)NC(C=O)Cc2ccccc2)c1.Cc1cccc(-c2nsnc2C(=O)NC(Cc2ccccc2)C(=O)C(N)=O)c1.Cc1ccccc1-c1nsnc1C(=O)NC(Cc1ccccc1)C(=O)C(N)=O.Cn1cc(C(=O)NC(C=O)Cc2ccccc2)c(-c2cccc(F)c2)n1.NC(=O)C(=O)C(Cc1ccccc1)NC(=O)c1nsnc1-c1ccccc1F. The third kappa shape index (κ3) is 28.2. The van der Waals surface area contributed by atoms with Gasteiger partial charge in [0.15, 0.2) is 17.1 Å². The molecule has 0 bridgehead atoms. The van der Waals surface area contributed by atoms with Gasteiger partial charge < -0.3 is 53.4 Å². The second-order valence-corrected chi connectivity index (χ2v) is 32.3. The number of rotatable bonds is 33. The van der Waals surface area contributed by atoms with Gasteiger partial charge in [0.25, 0.3) is 47.3 Å². The minimum atomic E-state index is -1.18. The summed E-state index contributed by atoms with van der Waals surface area (Å²) in [6.45, 7) is 5.84. The Morgan fingerprint density at radius 2 is 0.647 bits per heavy atom. The lowest BCUT2D eigenvalue weighted by molar-refractivity contribution is -0.137. The quantitative estimate of drug-likeness (QED) is 0.0140. The summed E-state index contributed by atoms with van der Waals surface area (Å²) in [4.78, 5) is 158. The van der Waals surface area contributed by atoms with E-state index >= 15 is 0 Å². The van der Waals surface area contributed by atoms with Gasteiger partial charge in [-0.1, -0.05) is 248 Å². The molecule has 11 N–H and O–H groups in total. The number of carbonyl (C=O) groups excluding carboxylic acids is 13. The normalized spacial score (nSPS) is 11.7. The van der Waals surface area contributed by atoms with Gasteiger partial charge in [0, 0.05) is 73.6 Å². The molecule has 15 rings (SSSR count). The van der Waals surface area contributed by atoms with E-state index in [1.807, 2.05) is 191 Å². The highest BCUT2D eigenvalue weighted by molar-refractivity contribution is 7.00. The fraction of sp³-hybridized carbons (Fsp3) is 0.150. The molecule has 0 aliphatic rings. The number of nitrogens with one attached hydrogen (secondary N) is 5. The van der Waals surface area contributed by atoms with Crippen LogP contribution in [0.5, 0.6) is 0 Å². The highest BCUT2D eigenvalue weighted by Gasteiger charge is 2.33. The van der Waals surface area contributed by atoms with Crippen molar-refractivity contribution in [3.8, 4) is 56.3 Å². The Hall–Kier alpha value is -16.7. The summed E-state index contributed by atoms with van der Waals surface area (Å²) in [7, 11) is 3.46. The molecule has 8 amide bonds. The summed E-state index contributed by atoms with van der Waals surface area (Å²) in [5, 5.41) is 21.9. The van der Waals surface area contributed by atoms with E-state index in [1.165, 1.54) is 35.0 Å². The van der Waals surface area contributed by atoms with Crippen LogP contribution in [0.4, 0.5) is 8.78 Å². The molecule has 5 aromatic heterocycles. The van der Waals surface area contributed by atoms with Crippen LogP contribution < -0.4 is 43.8 Å². The van der Waals surface area contributed by atoms with Crippen LogP contribution in [0.25, 0.3) is 56.3 Å². The molecule has 0 saturated heterocycles. The summed E-state index contributed by atoms with van der Waals surface area (Å²) < 4.78 is 55.2. The number of Topliss-reactive ketones (excluding diaryl/α,β-unsaturated/α-hetero) is 3. The van der Waals surface area contributed by atoms with E-state index in [0.717, 1.165) is 103 Å². The summed E-state index contributed by atoms with van der Waals surface area (Å²) in [6, 6.07) is 76.0. The topological polar surface area (TPSA) is 473 Å². The lowest BCUT2D eigenvalue weighted by Crippen LogP contribution is -2.47. The Morgan fingerprint density at radius 1 is 0.338 bits per heavy atom. The van der Waals surface area contributed by atoms with Crippen molar-refractivity contribution in [2.45, 2.75) is 83.1 Å². The molecule has 10 aromatic carbocycles. The molecule has 0 fully saturated rings. The van der Waals surface area contributed by atoms with E-state index < -0.39 is 101 Å². The summed E-state index contributed by atoms with van der Waals surface area (Å²) in [5.41, 5.74) is 28.5. The molecule has 5 atom stereocenters. The van der Waals surface area contributed by atoms with E-state index in [9.17, 15) is 71.1 Å². The van der Waals surface area contributed by atoms with Crippen molar-refractivity contribution in [1.82, 2.24) is 72.4 Å². The van der Waals surface area contributed by atoms with Crippen molar-refractivity contribution in [2.75, 3.05) is 0 Å². The Morgan fingerprint density at radius 3 is 0.993 bits per heavy atom. The predicted molar refractivity (Wildman–Crippen MR) is 509 cm³/mol. The van der Waals surface area contributed by atoms with Gasteiger partial charge in [-0.3, -0.25) is 62.1 Å². The molecule has 0 aliphatic heterocycles. The fourth-order valence-electron chi connectivity index (χ4n) is 13.9. The summed E-state index contributed by atoms with van der Waals surface area (Å²) in [5.74, 6) is -9.63. The van der Waals surface area contributed by atoms with Crippen LogP contribution in [0.2, 0.25) is 0 Å². The minimum Gasteiger partial charge on any atom is -0.363 e. The Balaban J connectivity index is 0.000000163.